The average molecular weight is 440 g/mol. The summed E-state index contributed by atoms with van der Waals surface area (Å²) in [5.74, 6) is 2.06. The van der Waals surface area contributed by atoms with Crippen molar-refractivity contribution < 1.29 is 17.7 Å². The fourth-order valence-corrected chi connectivity index (χ4v) is 6.01. The van der Waals surface area contributed by atoms with Crippen molar-refractivity contribution in [3.8, 4) is 17.1 Å². The zero-order valence-corrected chi connectivity index (χ0v) is 18.3. The van der Waals surface area contributed by atoms with Crippen LogP contribution in [0, 0.1) is 12.8 Å². The summed E-state index contributed by atoms with van der Waals surface area (Å²) in [6, 6.07) is 13.1. The second kappa shape index (κ2) is 8.09. The van der Waals surface area contributed by atoms with Crippen LogP contribution in [0.15, 0.2) is 51.9 Å². The molecule has 0 spiro atoms. The normalized spacial score (nSPS) is 19.2. The second-order valence-corrected chi connectivity index (χ2v) is 10.2. The van der Waals surface area contributed by atoms with E-state index < -0.39 is 10.0 Å². The van der Waals surface area contributed by atoms with Gasteiger partial charge in [0.2, 0.25) is 21.7 Å². The van der Waals surface area contributed by atoms with Gasteiger partial charge in [-0.15, -0.1) is 0 Å². The molecule has 3 aromatic rings. The van der Waals surface area contributed by atoms with Crippen LogP contribution in [-0.2, 0) is 22.9 Å². The number of fused-ring (bicyclic) bond motifs is 1. The minimum absolute atomic E-state index is 0.145. The Morgan fingerprint density at radius 2 is 2.06 bits per heavy atom. The molecule has 2 aliphatic heterocycles. The summed E-state index contributed by atoms with van der Waals surface area (Å²) in [7, 11) is -3.54. The largest absolute Gasteiger partial charge is 0.493 e. The fourth-order valence-electron chi connectivity index (χ4n) is 4.40. The lowest BCUT2D eigenvalue weighted by molar-refractivity contribution is 0.247. The van der Waals surface area contributed by atoms with Crippen LogP contribution < -0.4 is 4.74 Å². The van der Waals surface area contributed by atoms with Crippen LogP contribution in [0.4, 0.5) is 0 Å². The molecule has 1 atom stereocenters. The Balaban J connectivity index is 1.30. The Labute approximate surface area is 182 Å². The number of ether oxygens (including phenoxy) is 1. The van der Waals surface area contributed by atoms with E-state index in [1.165, 1.54) is 0 Å². The first-order chi connectivity index (χ1) is 15.0. The third-order valence-electron chi connectivity index (χ3n) is 6.10. The highest BCUT2D eigenvalue weighted by molar-refractivity contribution is 7.89. The quantitative estimate of drug-likeness (QED) is 0.604. The maximum absolute atomic E-state index is 13.2. The van der Waals surface area contributed by atoms with Crippen molar-refractivity contribution in [1.82, 2.24) is 14.4 Å². The molecule has 0 N–H and O–H groups in total. The van der Waals surface area contributed by atoms with Gasteiger partial charge in [0.1, 0.15) is 5.75 Å². The number of piperidine rings is 1. The highest BCUT2D eigenvalue weighted by Gasteiger charge is 2.32. The molecular formula is C23H25N3O4S. The number of benzene rings is 2. The Morgan fingerprint density at radius 1 is 1.19 bits per heavy atom. The van der Waals surface area contributed by atoms with Crippen molar-refractivity contribution in [3.05, 3.63) is 59.5 Å². The van der Waals surface area contributed by atoms with Gasteiger partial charge in [0.25, 0.3) is 0 Å². The van der Waals surface area contributed by atoms with E-state index in [0.29, 0.717) is 42.7 Å². The summed E-state index contributed by atoms with van der Waals surface area (Å²) in [5.41, 5.74) is 3.00. The first-order valence-electron chi connectivity index (χ1n) is 10.7. The van der Waals surface area contributed by atoms with Crippen LogP contribution >= 0.6 is 0 Å². The highest BCUT2D eigenvalue weighted by atomic mass is 32.2. The van der Waals surface area contributed by atoms with Crippen molar-refractivity contribution in [2.45, 2.75) is 37.5 Å². The van der Waals surface area contributed by atoms with Crippen molar-refractivity contribution in [2.24, 2.45) is 5.92 Å². The zero-order valence-electron chi connectivity index (χ0n) is 17.5. The molecule has 162 valence electrons. The summed E-state index contributed by atoms with van der Waals surface area (Å²) < 4.78 is 39.1. The Kier molecular flexibility index (Phi) is 5.27. The molecule has 8 heteroatoms. The molecule has 2 aliphatic rings. The molecular weight excluding hydrogens is 414 g/mol. The molecule has 3 heterocycles. The molecule has 0 radical (unpaired) electrons. The monoisotopic (exact) mass is 439 g/mol. The molecule has 0 bridgehead atoms. The van der Waals surface area contributed by atoms with E-state index in [9.17, 15) is 8.42 Å². The summed E-state index contributed by atoms with van der Waals surface area (Å²) >= 11 is 0. The minimum Gasteiger partial charge on any atom is -0.493 e. The standard InChI is InChI=1S/C23H25N3O4S/c1-16-5-2-3-7-20(16)23-24-22(30-25-23)13-17-6-4-11-26(15-17)31(27,28)19-8-9-21-18(14-19)10-12-29-21/h2-3,5,7-9,14,17H,4,6,10-13,15H2,1H3/t17-/m0/s1. The van der Waals surface area contributed by atoms with E-state index in [2.05, 4.69) is 10.1 Å². The Bertz CT molecular complexity index is 1210. The lowest BCUT2D eigenvalue weighted by atomic mass is 9.96. The summed E-state index contributed by atoms with van der Waals surface area (Å²) in [4.78, 5) is 4.90. The zero-order chi connectivity index (χ0) is 21.4. The van der Waals surface area contributed by atoms with Crippen LogP contribution in [-0.4, -0.2) is 42.6 Å². The van der Waals surface area contributed by atoms with E-state index in [4.69, 9.17) is 9.26 Å². The van der Waals surface area contributed by atoms with E-state index in [1.54, 1.807) is 22.5 Å². The van der Waals surface area contributed by atoms with Gasteiger partial charge in [-0.3, -0.25) is 0 Å². The predicted octanol–water partition coefficient (Wildman–Crippen LogP) is 3.62. The van der Waals surface area contributed by atoms with Crippen LogP contribution in [0.3, 0.4) is 0 Å². The van der Waals surface area contributed by atoms with Crippen molar-refractivity contribution in [3.63, 3.8) is 0 Å². The smallest absolute Gasteiger partial charge is 0.243 e. The number of aromatic nitrogens is 2. The lowest BCUT2D eigenvalue weighted by Gasteiger charge is -2.31. The molecule has 7 nitrogen and oxygen atoms in total. The van der Waals surface area contributed by atoms with Gasteiger partial charge in [0.05, 0.1) is 11.5 Å². The van der Waals surface area contributed by atoms with E-state index in [0.717, 1.165) is 41.7 Å². The van der Waals surface area contributed by atoms with Crippen LogP contribution in [0.5, 0.6) is 5.75 Å². The van der Waals surface area contributed by atoms with E-state index in [1.807, 2.05) is 31.2 Å². The minimum atomic E-state index is -3.54. The molecule has 1 aromatic heterocycles. The molecule has 2 aromatic carbocycles. The van der Waals surface area contributed by atoms with Crippen LogP contribution in [0.25, 0.3) is 11.4 Å². The van der Waals surface area contributed by atoms with Gasteiger partial charge < -0.3 is 9.26 Å². The number of aryl methyl sites for hydroxylation is 1. The molecule has 0 aliphatic carbocycles. The highest BCUT2D eigenvalue weighted by Crippen LogP contribution is 2.31. The van der Waals surface area contributed by atoms with Gasteiger partial charge >= 0.3 is 0 Å². The first-order valence-corrected chi connectivity index (χ1v) is 12.1. The van der Waals surface area contributed by atoms with Gasteiger partial charge in [-0.1, -0.05) is 29.4 Å². The molecule has 0 amide bonds. The molecule has 0 unspecified atom stereocenters. The number of hydrogen-bond donors (Lipinski definition) is 0. The van der Waals surface area contributed by atoms with Gasteiger partial charge in [-0.2, -0.15) is 9.29 Å². The number of rotatable bonds is 5. The summed E-state index contributed by atoms with van der Waals surface area (Å²) in [6.07, 6.45) is 3.08. The van der Waals surface area contributed by atoms with Crippen molar-refractivity contribution >= 4 is 10.0 Å². The maximum Gasteiger partial charge on any atom is 0.243 e. The number of hydrogen-bond acceptors (Lipinski definition) is 6. The number of nitrogens with zero attached hydrogens (tertiary/aromatic N) is 3. The predicted molar refractivity (Wildman–Crippen MR) is 115 cm³/mol. The second-order valence-electron chi connectivity index (χ2n) is 8.27. The van der Waals surface area contributed by atoms with Crippen LogP contribution in [0.1, 0.15) is 29.9 Å². The fraction of sp³-hybridized carbons (Fsp3) is 0.391. The van der Waals surface area contributed by atoms with Crippen LogP contribution in [0.2, 0.25) is 0 Å². The summed E-state index contributed by atoms with van der Waals surface area (Å²) in [5, 5.41) is 4.13. The van der Waals surface area contributed by atoms with Gasteiger partial charge in [-0.05, 0) is 55.0 Å². The Morgan fingerprint density at radius 3 is 2.94 bits per heavy atom. The molecule has 31 heavy (non-hydrogen) atoms. The lowest BCUT2D eigenvalue weighted by Crippen LogP contribution is -2.40. The number of sulfonamides is 1. The average Bonchev–Trinajstić information content (AvgIpc) is 3.43. The van der Waals surface area contributed by atoms with Crippen molar-refractivity contribution in [2.75, 3.05) is 19.7 Å². The van der Waals surface area contributed by atoms with E-state index >= 15 is 0 Å². The molecule has 1 saturated heterocycles. The molecule has 0 saturated carbocycles. The maximum atomic E-state index is 13.2. The molecule has 1 fully saturated rings. The van der Waals surface area contributed by atoms with Gasteiger partial charge in [0.15, 0.2) is 0 Å². The van der Waals surface area contributed by atoms with E-state index in [-0.39, 0.29) is 5.92 Å². The SMILES string of the molecule is Cc1ccccc1-c1noc(C[C@@H]2CCCN(S(=O)(=O)c3ccc4c(c3)CCO4)C2)n1. The molecule has 5 rings (SSSR count). The topological polar surface area (TPSA) is 85.5 Å². The summed E-state index contributed by atoms with van der Waals surface area (Å²) in [6.45, 7) is 3.61. The van der Waals surface area contributed by atoms with Gasteiger partial charge in [0, 0.05) is 31.5 Å². The van der Waals surface area contributed by atoms with Crippen molar-refractivity contribution in [1.29, 1.82) is 0 Å². The third kappa shape index (κ3) is 3.97. The van der Waals surface area contributed by atoms with Gasteiger partial charge in [-0.25, -0.2) is 8.42 Å². The first kappa shape index (κ1) is 20.2. The third-order valence-corrected chi connectivity index (χ3v) is 7.96. The Hall–Kier alpha value is -2.71.